The molecule has 5 rings (SSSR count). The molecule has 0 saturated heterocycles. The van der Waals surface area contributed by atoms with E-state index in [1.165, 1.54) is 12.1 Å². The lowest BCUT2D eigenvalue weighted by atomic mass is 9.94. The zero-order valence-electron chi connectivity index (χ0n) is 18.2. The molecule has 0 saturated carbocycles. The molecule has 1 aliphatic heterocycles. The highest BCUT2D eigenvalue weighted by Crippen LogP contribution is 2.38. The van der Waals surface area contributed by atoms with Crippen LogP contribution in [0.25, 0.3) is 17.0 Å². The molecule has 5 nitrogen and oxygen atoms in total. The lowest BCUT2D eigenvalue weighted by Gasteiger charge is -2.37. The SMILES string of the molecule is CC1=C(c2nc(-c3ccccc3)no2)C(c2ccc(F)cc2)NC(=S)N1Cc1ccc(Cl)cc1. The molecule has 3 aromatic carbocycles. The van der Waals surface area contributed by atoms with E-state index in [0.717, 1.165) is 28.0 Å². The lowest BCUT2D eigenvalue weighted by Crippen LogP contribution is -2.45. The third-order valence-electron chi connectivity index (χ3n) is 5.74. The second-order valence-corrected chi connectivity index (χ2v) is 8.76. The third kappa shape index (κ3) is 4.44. The van der Waals surface area contributed by atoms with Gasteiger partial charge in [-0.15, -0.1) is 0 Å². The Hall–Kier alpha value is -3.55. The molecule has 0 aliphatic carbocycles. The van der Waals surface area contributed by atoms with Crippen LogP contribution in [0.1, 0.15) is 30.0 Å². The van der Waals surface area contributed by atoms with Crippen molar-refractivity contribution in [2.24, 2.45) is 0 Å². The van der Waals surface area contributed by atoms with Crippen LogP contribution >= 0.6 is 23.8 Å². The Morgan fingerprint density at radius 3 is 2.44 bits per heavy atom. The van der Waals surface area contributed by atoms with E-state index in [0.29, 0.717) is 28.4 Å². The van der Waals surface area contributed by atoms with E-state index < -0.39 is 0 Å². The number of benzene rings is 3. The summed E-state index contributed by atoms with van der Waals surface area (Å²) in [5.41, 5.74) is 4.39. The van der Waals surface area contributed by atoms with Crippen LogP contribution in [-0.4, -0.2) is 20.2 Å². The number of hydrogen-bond acceptors (Lipinski definition) is 4. The molecule has 8 heteroatoms. The van der Waals surface area contributed by atoms with E-state index in [2.05, 4.69) is 15.5 Å². The van der Waals surface area contributed by atoms with Crippen LogP contribution in [0.2, 0.25) is 5.02 Å². The van der Waals surface area contributed by atoms with Crippen molar-refractivity contribution in [1.82, 2.24) is 20.4 Å². The van der Waals surface area contributed by atoms with Gasteiger partial charge in [0.15, 0.2) is 5.11 Å². The van der Waals surface area contributed by atoms with Gasteiger partial charge < -0.3 is 14.7 Å². The Kier molecular flexibility index (Phi) is 6.13. The highest BCUT2D eigenvalue weighted by Gasteiger charge is 2.34. The quantitative estimate of drug-likeness (QED) is 0.327. The maximum absolute atomic E-state index is 13.6. The number of halogens is 2. The van der Waals surface area contributed by atoms with Crippen molar-refractivity contribution in [3.63, 3.8) is 0 Å². The van der Waals surface area contributed by atoms with Gasteiger partial charge in [-0.25, -0.2) is 4.39 Å². The molecule has 1 unspecified atom stereocenters. The fourth-order valence-corrected chi connectivity index (χ4v) is 4.41. The Morgan fingerprint density at radius 1 is 1.03 bits per heavy atom. The van der Waals surface area contributed by atoms with Crippen molar-refractivity contribution in [1.29, 1.82) is 0 Å². The van der Waals surface area contributed by atoms with Crippen LogP contribution in [0, 0.1) is 5.82 Å². The predicted octanol–water partition coefficient (Wildman–Crippen LogP) is 6.39. The van der Waals surface area contributed by atoms with Crippen LogP contribution in [0.3, 0.4) is 0 Å². The first-order chi connectivity index (χ1) is 16.5. The van der Waals surface area contributed by atoms with E-state index in [4.69, 9.17) is 28.3 Å². The normalized spacial score (nSPS) is 16.0. The number of nitrogens with one attached hydrogen (secondary N) is 1. The Labute approximate surface area is 206 Å². The Bertz CT molecular complexity index is 1350. The zero-order valence-corrected chi connectivity index (χ0v) is 19.8. The highest BCUT2D eigenvalue weighted by atomic mass is 35.5. The van der Waals surface area contributed by atoms with Gasteiger partial charge in [0.05, 0.1) is 11.6 Å². The average molecular weight is 491 g/mol. The lowest BCUT2D eigenvalue weighted by molar-refractivity contribution is 0.396. The molecule has 2 heterocycles. The first kappa shape index (κ1) is 22.3. The molecular formula is C26H20ClFN4OS. The van der Waals surface area contributed by atoms with Gasteiger partial charge in [-0.2, -0.15) is 4.98 Å². The molecule has 1 aliphatic rings. The summed E-state index contributed by atoms with van der Waals surface area (Å²) in [4.78, 5) is 6.68. The fraction of sp³-hybridized carbons (Fsp3) is 0.115. The molecule has 0 spiro atoms. The molecule has 1 N–H and O–H groups in total. The van der Waals surface area contributed by atoms with Gasteiger partial charge in [0, 0.05) is 22.8 Å². The summed E-state index contributed by atoms with van der Waals surface area (Å²) in [5, 5.41) is 8.81. The largest absolute Gasteiger partial charge is 0.351 e. The van der Waals surface area contributed by atoms with Gasteiger partial charge in [0.25, 0.3) is 5.89 Å². The summed E-state index contributed by atoms with van der Waals surface area (Å²) in [6.45, 7) is 2.51. The van der Waals surface area contributed by atoms with Gasteiger partial charge in [-0.3, -0.25) is 0 Å². The standard InChI is InChI=1S/C26H20ClFN4OS/c1-16-22(25-30-24(31-33-25)19-5-3-2-4-6-19)23(18-9-13-21(28)14-10-18)29-26(34)32(16)15-17-7-11-20(27)12-8-17/h2-14,23H,15H2,1H3,(H,29,34). The maximum Gasteiger partial charge on any atom is 0.258 e. The van der Waals surface area contributed by atoms with Crippen molar-refractivity contribution in [2.45, 2.75) is 19.5 Å². The molecule has 1 aromatic heterocycles. The van der Waals surface area contributed by atoms with Crippen molar-refractivity contribution >= 4 is 34.5 Å². The van der Waals surface area contributed by atoms with Crippen LogP contribution in [0.15, 0.2) is 89.1 Å². The van der Waals surface area contributed by atoms with Gasteiger partial charge >= 0.3 is 0 Å². The monoisotopic (exact) mass is 490 g/mol. The average Bonchev–Trinajstić information content (AvgIpc) is 3.33. The number of allylic oxidation sites excluding steroid dienone is 1. The molecule has 4 aromatic rings. The van der Waals surface area contributed by atoms with Gasteiger partial charge in [-0.05, 0) is 54.5 Å². The first-order valence-electron chi connectivity index (χ1n) is 10.7. The number of thiocarbonyl (C=S) groups is 1. The van der Waals surface area contributed by atoms with Gasteiger partial charge in [-0.1, -0.05) is 71.4 Å². The number of hydrogen-bond donors (Lipinski definition) is 1. The topological polar surface area (TPSA) is 54.2 Å². The summed E-state index contributed by atoms with van der Waals surface area (Å²) in [5.74, 6) is 0.561. The van der Waals surface area contributed by atoms with E-state index >= 15 is 0 Å². The molecule has 34 heavy (non-hydrogen) atoms. The Balaban J connectivity index is 1.59. The van der Waals surface area contributed by atoms with Crippen LogP contribution in [-0.2, 0) is 6.54 Å². The van der Waals surface area contributed by atoms with Crippen LogP contribution in [0.4, 0.5) is 4.39 Å². The second-order valence-electron chi connectivity index (χ2n) is 7.93. The van der Waals surface area contributed by atoms with E-state index in [1.54, 1.807) is 12.1 Å². The molecule has 170 valence electrons. The van der Waals surface area contributed by atoms with Crippen molar-refractivity contribution in [3.8, 4) is 11.4 Å². The van der Waals surface area contributed by atoms with Crippen molar-refractivity contribution in [3.05, 3.63) is 112 Å². The van der Waals surface area contributed by atoms with E-state index in [9.17, 15) is 4.39 Å². The molecule has 0 amide bonds. The highest BCUT2D eigenvalue weighted by molar-refractivity contribution is 7.80. The molecule has 0 radical (unpaired) electrons. The van der Waals surface area contributed by atoms with Gasteiger partial charge in [0.2, 0.25) is 5.82 Å². The van der Waals surface area contributed by atoms with Crippen molar-refractivity contribution in [2.75, 3.05) is 0 Å². The number of aromatic nitrogens is 2. The molecule has 0 fully saturated rings. The summed E-state index contributed by atoms with van der Waals surface area (Å²) >= 11 is 11.8. The smallest absolute Gasteiger partial charge is 0.258 e. The molecule has 0 bridgehead atoms. The van der Waals surface area contributed by atoms with Gasteiger partial charge in [0.1, 0.15) is 5.82 Å². The Morgan fingerprint density at radius 2 is 1.74 bits per heavy atom. The molecule has 1 atom stereocenters. The minimum Gasteiger partial charge on any atom is -0.351 e. The summed E-state index contributed by atoms with van der Waals surface area (Å²) < 4.78 is 19.4. The fourth-order valence-electron chi connectivity index (χ4n) is 3.96. The minimum absolute atomic E-state index is 0.307. The number of nitrogens with zero attached hydrogens (tertiary/aromatic N) is 3. The molecular weight excluding hydrogens is 471 g/mol. The zero-order chi connectivity index (χ0) is 23.7. The first-order valence-corrected chi connectivity index (χ1v) is 11.5. The summed E-state index contributed by atoms with van der Waals surface area (Å²) in [6, 6.07) is 23.2. The maximum atomic E-state index is 13.6. The van der Waals surface area contributed by atoms with Crippen LogP contribution < -0.4 is 5.32 Å². The summed E-state index contributed by atoms with van der Waals surface area (Å²) in [7, 11) is 0. The third-order valence-corrected chi connectivity index (χ3v) is 6.33. The van der Waals surface area contributed by atoms with E-state index in [1.807, 2.05) is 66.4 Å². The van der Waals surface area contributed by atoms with E-state index in [-0.39, 0.29) is 11.9 Å². The van der Waals surface area contributed by atoms with Crippen LogP contribution in [0.5, 0.6) is 0 Å². The second kappa shape index (κ2) is 9.37. The predicted molar refractivity (Wildman–Crippen MR) is 134 cm³/mol. The number of rotatable bonds is 5. The summed E-state index contributed by atoms with van der Waals surface area (Å²) in [6.07, 6.45) is 0. The minimum atomic E-state index is -0.376. The van der Waals surface area contributed by atoms with Crippen molar-refractivity contribution < 1.29 is 8.91 Å².